The summed E-state index contributed by atoms with van der Waals surface area (Å²) in [5.41, 5.74) is 13.6. The summed E-state index contributed by atoms with van der Waals surface area (Å²) in [5, 5.41) is 6.76. The van der Waals surface area contributed by atoms with Crippen LogP contribution in [0.1, 0.15) is 29.7 Å². The van der Waals surface area contributed by atoms with Crippen LogP contribution in [0.2, 0.25) is 0 Å². The van der Waals surface area contributed by atoms with Gasteiger partial charge in [-0.15, -0.1) is 0 Å². The molecule has 1 aliphatic heterocycles. The van der Waals surface area contributed by atoms with Gasteiger partial charge in [0.2, 0.25) is 0 Å². The second-order valence-corrected chi connectivity index (χ2v) is 14.6. The largest absolute Gasteiger partial charge is 0.455 e. The third kappa shape index (κ3) is 5.08. The van der Waals surface area contributed by atoms with Gasteiger partial charge >= 0.3 is 0 Å². The summed E-state index contributed by atoms with van der Waals surface area (Å²) in [6, 6.07) is 62.2. The van der Waals surface area contributed by atoms with Crippen LogP contribution in [0.25, 0.3) is 82.5 Å². The summed E-state index contributed by atoms with van der Waals surface area (Å²) < 4.78 is 13.5. The smallest absolute Gasteiger partial charge is 0.143 e. The molecule has 2 unspecified atom stereocenters. The molecule has 8 aromatic carbocycles. The van der Waals surface area contributed by atoms with E-state index in [1.807, 2.05) is 0 Å². The predicted molar refractivity (Wildman–Crippen MR) is 229 cm³/mol. The lowest BCUT2D eigenvalue weighted by Gasteiger charge is -2.29. The van der Waals surface area contributed by atoms with Crippen molar-refractivity contribution in [1.82, 2.24) is 0 Å². The summed E-state index contributed by atoms with van der Waals surface area (Å²) >= 11 is 0. The van der Waals surface area contributed by atoms with Gasteiger partial charge in [-0.25, -0.2) is 0 Å². The Kier molecular flexibility index (Phi) is 7.21. The van der Waals surface area contributed by atoms with Crippen LogP contribution in [0.15, 0.2) is 196 Å². The number of rotatable bonds is 5. The lowest BCUT2D eigenvalue weighted by molar-refractivity contribution is 0.579. The second kappa shape index (κ2) is 12.6. The third-order valence-electron chi connectivity index (χ3n) is 11.5. The Morgan fingerprint density at radius 2 is 1.00 bits per heavy atom. The van der Waals surface area contributed by atoms with Crippen LogP contribution in [0, 0.1) is 5.92 Å². The number of para-hydroxylation sites is 2. The maximum atomic E-state index is 6.84. The molecule has 3 heterocycles. The summed E-state index contributed by atoms with van der Waals surface area (Å²) in [6.45, 7) is 2.30. The molecule has 0 amide bonds. The number of fused-ring (bicyclic) bond motifs is 8. The molecule has 0 radical (unpaired) electrons. The molecule has 3 heteroatoms. The molecule has 0 spiro atoms. The number of nitrogens with zero attached hydrogens (tertiary/aromatic N) is 1. The van der Waals surface area contributed by atoms with Gasteiger partial charge in [0.25, 0.3) is 0 Å². The van der Waals surface area contributed by atoms with E-state index in [-0.39, 0.29) is 12.0 Å². The van der Waals surface area contributed by atoms with Gasteiger partial charge in [0.15, 0.2) is 0 Å². The Hall–Kier alpha value is -6.97. The molecule has 1 aliphatic rings. The Balaban J connectivity index is 1.09. The first kappa shape index (κ1) is 31.5. The predicted octanol–water partition coefficient (Wildman–Crippen LogP) is 14.2. The fourth-order valence-corrected chi connectivity index (χ4v) is 8.79. The summed E-state index contributed by atoms with van der Waals surface area (Å²) in [7, 11) is 0. The van der Waals surface area contributed by atoms with Crippen LogP contribution >= 0.6 is 0 Å². The van der Waals surface area contributed by atoms with Gasteiger partial charge < -0.3 is 8.83 Å². The number of dihydropyridines is 1. The Bertz CT molecular complexity index is 3150. The van der Waals surface area contributed by atoms with Crippen molar-refractivity contribution in [3.05, 3.63) is 199 Å². The zero-order chi connectivity index (χ0) is 36.5. The van der Waals surface area contributed by atoms with E-state index < -0.39 is 0 Å². The van der Waals surface area contributed by atoms with E-state index in [0.29, 0.717) is 0 Å². The summed E-state index contributed by atoms with van der Waals surface area (Å²) in [5.74, 6) is 0.169. The number of furan rings is 2. The molecule has 0 aliphatic carbocycles. The molecule has 0 bridgehead atoms. The van der Waals surface area contributed by atoms with Gasteiger partial charge in [-0.05, 0) is 56.8 Å². The number of benzene rings is 8. The quantitative estimate of drug-likeness (QED) is 0.179. The van der Waals surface area contributed by atoms with E-state index >= 15 is 0 Å². The van der Waals surface area contributed by atoms with Crippen LogP contribution in [0.3, 0.4) is 0 Å². The summed E-state index contributed by atoms with van der Waals surface area (Å²) in [4.78, 5) is 5.57. The van der Waals surface area contributed by atoms with Gasteiger partial charge in [0.1, 0.15) is 22.3 Å². The third-order valence-corrected chi connectivity index (χ3v) is 11.5. The number of hydrogen-bond donors (Lipinski definition) is 0. The van der Waals surface area contributed by atoms with E-state index in [1.54, 1.807) is 0 Å². The highest BCUT2D eigenvalue weighted by molar-refractivity contribution is 6.26. The number of aliphatic imine (C=N–C) groups is 1. The first-order chi connectivity index (χ1) is 27.2. The van der Waals surface area contributed by atoms with E-state index in [1.165, 1.54) is 38.6 Å². The first-order valence-electron chi connectivity index (χ1n) is 19.0. The molecule has 10 aromatic rings. The molecule has 0 N–H and O–H groups in total. The molecule has 2 aromatic heterocycles. The maximum Gasteiger partial charge on any atom is 0.143 e. The lowest BCUT2D eigenvalue weighted by Crippen LogP contribution is -2.18. The topological polar surface area (TPSA) is 38.6 Å². The second-order valence-electron chi connectivity index (χ2n) is 14.6. The molecule has 55 heavy (non-hydrogen) atoms. The Morgan fingerprint density at radius 1 is 0.436 bits per heavy atom. The SMILES string of the molecule is CC1C(c2ccccc2)=CC(c2cccc3oc4c(-c5cccc6c5oc5ccc7ccccc7c56)cccc4c23)=NC1c1ccc(-c2ccccc2)cc1. The van der Waals surface area contributed by atoms with Gasteiger partial charge in [-0.1, -0.05) is 171 Å². The highest BCUT2D eigenvalue weighted by Gasteiger charge is 2.29. The van der Waals surface area contributed by atoms with Crippen molar-refractivity contribution < 1.29 is 8.83 Å². The standard InChI is InChI=1S/C52H35NO2/c1-32-44(35-15-6-3-7-16-35)31-45(53-50(32)37-27-25-34(26-28-37)33-13-4-2-5-14-33)41-21-12-24-46-49(41)43-23-11-20-40(52(43)54-46)39-19-10-22-42-48-38-18-9-8-17-36(38)29-30-47(48)55-51(39)42/h2-32,50H,1H3. The van der Waals surface area contributed by atoms with Gasteiger partial charge in [-0.2, -0.15) is 0 Å². The molecular weight excluding hydrogens is 671 g/mol. The van der Waals surface area contributed by atoms with Gasteiger partial charge in [0.05, 0.1) is 11.8 Å². The molecular formula is C52H35NO2. The molecule has 260 valence electrons. The van der Waals surface area contributed by atoms with E-state index in [2.05, 4.69) is 189 Å². The van der Waals surface area contributed by atoms with Crippen LogP contribution < -0.4 is 0 Å². The van der Waals surface area contributed by atoms with Gasteiger partial charge in [-0.3, -0.25) is 4.99 Å². The zero-order valence-corrected chi connectivity index (χ0v) is 30.2. The molecule has 0 saturated carbocycles. The lowest BCUT2D eigenvalue weighted by atomic mass is 9.81. The molecule has 3 nitrogen and oxygen atoms in total. The van der Waals surface area contributed by atoms with Crippen molar-refractivity contribution in [2.75, 3.05) is 0 Å². The van der Waals surface area contributed by atoms with Crippen molar-refractivity contribution in [3.8, 4) is 22.3 Å². The number of hydrogen-bond acceptors (Lipinski definition) is 3. The summed E-state index contributed by atoms with van der Waals surface area (Å²) in [6.07, 6.45) is 2.30. The first-order valence-corrected chi connectivity index (χ1v) is 19.0. The zero-order valence-electron chi connectivity index (χ0n) is 30.2. The molecule has 11 rings (SSSR count). The van der Waals surface area contributed by atoms with Crippen molar-refractivity contribution in [2.45, 2.75) is 13.0 Å². The van der Waals surface area contributed by atoms with E-state index in [9.17, 15) is 0 Å². The average molecular weight is 706 g/mol. The van der Waals surface area contributed by atoms with Crippen LogP contribution in [0.4, 0.5) is 0 Å². The van der Waals surface area contributed by atoms with Crippen LogP contribution in [-0.2, 0) is 0 Å². The van der Waals surface area contributed by atoms with E-state index in [4.69, 9.17) is 13.8 Å². The van der Waals surface area contributed by atoms with Crippen molar-refractivity contribution in [3.63, 3.8) is 0 Å². The highest BCUT2D eigenvalue weighted by Crippen LogP contribution is 2.45. The maximum absolute atomic E-state index is 6.84. The Morgan fingerprint density at radius 3 is 1.73 bits per heavy atom. The average Bonchev–Trinajstić information content (AvgIpc) is 3.84. The minimum Gasteiger partial charge on any atom is -0.455 e. The molecule has 2 atom stereocenters. The van der Waals surface area contributed by atoms with Crippen molar-refractivity contribution >= 4 is 65.9 Å². The van der Waals surface area contributed by atoms with Crippen LogP contribution in [0.5, 0.6) is 0 Å². The highest BCUT2D eigenvalue weighted by atomic mass is 16.3. The molecule has 0 saturated heterocycles. The fraction of sp³-hybridized carbons (Fsp3) is 0.0577. The Labute approximate surface area is 318 Å². The minimum absolute atomic E-state index is 0.0641. The van der Waals surface area contributed by atoms with Crippen molar-refractivity contribution in [2.24, 2.45) is 10.9 Å². The van der Waals surface area contributed by atoms with Crippen molar-refractivity contribution in [1.29, 1.82) is 0 Å². The van der Waals surface area contributed by atoms with E-state index in [0.717, 1.165) is 66.3 Å². The number of allylic oxidation sites excluding steroid dienone is 1. The monoisotopic (exact) mass is 705 g/mol. The normalized spacial score (nSPS) is 15.9. The molecule has 0 fully saturated rings. The fourth-order valence-electron chi connectivity index (χ4n) is 8.79. The van der Waals surface area contributed by atoms with Gasteiger partial charge in [0, 0.05) is 44.2 Å². The van der Waals surface area contributed by atoms with Crippen LogP contribution in [-0.4, -0.2) is 5.71 Å². The minimum atomic E-state index is -0.0641.